The summed E-state index contributed by atoms with van der Waals surface area (Å²) in [4.78, 5) is 25.6. The molecule has 0 atom stereocenters. The number of hydrogen-bond donors (Lipinski definition) is 2. The van der Waals surface area contributed by atoms with Crippen molar-refractivity contribution in [3.8, 4) is 5.69 Å². The summed E-state index contributed by atoms with van der Waals surface area (Å²) in [7, 11) is 0. The summed E-state index contributed by atoms with van der Waals surface area (Å²) < 4.78 is 1.57. The van der Waals surface area contributed by atoms with Gasteiger partial charge in [-0.3, -0.25) is 4.79 Å². The van der Waals surface area contributed by atoms with E-state index >= 15 is 0 Å². The van der Waals surface area contributed by atoms with Gasteiger partial charge in [-0.15, -0.1) is 5.10 Å². The normalized spacial score (nSPS) is 13.8. The highest BCUT2D eigenvalue weighted by molar-refractivity contribution is 5.92. The van der Waals surface area contributed by atoms with Crippen LogP contribution in [-0.2, 0) is 4.79 Å². The summed E-state index contributed by atoms with van der Waals surface area (Å²) in [6, 6.07) is 6.72. The van der Waals surface area contributed by atoms with Gasteiger partial charge in [0.1, 0.15) is 0 Å². The molecule has 1 aliphatic heterocycles. The fourth-order valence-corrected chi connectivity index (χ4v) is 2.60. The van der Waals surface area contributed by atoms with Crippen LogP contribution in [0.1, 0.15) is 18.7 Å². The Balaban J connectivity index is 1.56. The second-order valence-electron chi connectivity index (χ2n) is 5.58. The van der Waals surface area contributed by atoms with Crippen LogP contribution in [0.25, 0.3) is 5.69 Å². The number of amides is 3. The average molecular weight is 329 g/mol. The Bertz CT molecular complexity index is 737. The Morgan fingerprint density at radius 1 is 1.25 bits per heavy atom. The third kappa shape index (κ3) is 3.67. The van der Waals surface area contributed by atoms with Gasteiger partial charge in [0.25, 0.3) is 0 Å². The molecule has 0 unspecified atom stereocenters. The number of rotatable bonds is 4. The summed E-state index contributed by atoms with van der Waals surface area (Å²) in [6.07, 6.45) is 2.06. The maximum absolute atomic E-state index is 12.0. The van der Waals surface area contributed by atoms with Crippen molar-refractivity contribution < 1.29 is 9.59 Å². The quantitative estimate of drug-likeness (QED) is 0.860. The van der Waals surface area contributed by atoms with Crippen molar-refractivity contribution in [1.29, 1.82) is 0 Å². The van der Waals surface area contributed by atoms with Gasteiger partial charge in [0.05, 0.1) is 12.2 Å². The minimum absolute atomic E-state index is 0.00235. The molecule has 9 nitrogen and oxygen atoms in total. The van der Waals surface area contributed by atoms with Crippen molar-refractivity contribution >= 4 is 17.6 Å². The molecule has 2 N–H and O–H groups in total. The molecule has 2 heterocycles. The van der Waals surface area contributed by atoms with Crippen LogP contribution in [0.3, 0.4) is 0 Å². The Labute approximate surface area is 139 Å². The van der Waals surface area contributed by atoms with E-state index in [4.69, 9.17) is 0 Å². The van der Waals surface area contributed by atoms with Crippen LogP contribution < -0.4 is 10.6 Å². The van der Waals surface area contributed by atoms with E-state index < -0.39 is 6.03 Å². The largest absolute Gasteiger partial charge is 0.341 e. The van der Waals surface area contributed by atoms with Gasteiger partial charge in [0.15, 0.2) is 5.82 Å². The maximum atomic E-state index is 12.0. The maximum Gasteiger partial charge on any atom is 0.319 e. The minimum atomic E-state index is -0.423. The van der Waals surface area contributed by atoms with Gasteiger partial charge in [-0.2, -0.15) is 4.68 Å². The molecule has 3 amide bonds. The van der Waals surface area contributed by atoms with E-state index in [1.807, 2.05) is 6.07 Å². The van der Waals surface area contributed by atoms with Crippen molar-refractivity contribution in [3.63, 3.8) is 0 Å². The zero-order valence-electron chi connectivity index (χ0n) is 13.4. The van der Waals surface area contributed by atoms with Gasteiger partial charge >= 0.3 is 6.03 Å². The monoisotopic (exact) mass is 329 g/mol. The molecule has 0 aliphatic carbocycles. The zero-order valence-corrected chi connectivity index (χ0v) is 13.4. The first-order valence-electron chi connectivity index (χ1n) is 7.81. The number of anilines is 1. The molecule has 0 radical (unpaired) electrons. The molecule has 1 aromatic carbocycles. The molecule has 1 aliphatic rings. The van der Waals surface area contributed by atoms with Crippen LogP contribution in [0.2, 0.25) is 0 Å². The molecule has 24 heavy (non-hydrogen) atoms. The number of carbonyl (C=O) groups excluding carboxylic acids is 2. The predicted octanol–water partition coefficient (Wildman–Crippen LogP) is 0.715. The molecule has 9 heteroatoms. The van der Waals surface area contributed by atoms with Crippen LogP contribution in [0.5, 0.6) is 0 Å². The van der Waals surface area contributed by atoms with Crippen LogP contribution in [-0.4, -0.2) is 56.7 Å². The highest BCUT2D eigenvalue weighted by Crippen LogP contribution is 2.14. The van der Waals surface area contributed by atoms with Crippen LogP contribution >= 0.6 is 0 Å². The lowest BCUT2D eigenvalue weighted by molar-refractivity contribution is -0.128. The standard InChI is InChI=1S/C15H19N7O2/c1-11-18-19-20-22(11)13-6-4-5-12(9-13)17-15(24)16-10-14(23)21-7-2-3-8-21/h4-6,9H,2-3,7-8,10H2,1H3,(H2,16,17,24). The predicted molar refractivity (Wildman–Crippen MR) is 86.7 cm³/mol. The first kappa shape index (κ1) is 15.9. The van der Waals surface area contributed by atoms with E-state index in [1.165, 1.54) is 0 Å². The number of tetrazole rings is 1. The third-order valence-corrected chi connectivity index (χ3v) is 3.83. The van der Waals surface area contributed by atoms with Crippen molar-refractivity contribution in [1.82, 2.24) is 30.4 Å². The van der Waals surface area contributed by atoms with Crippen molar-refractivity contribution in [2.24, 2.45) is 0 Å². The lowest BCUT2D eigenvalue weighted by atomic mass is 10.3. The number of aromatic nitrogens is 4. The molecule has 0 bridgehead atoms. The van der Waals surface area contributed by atoms with Gasteiger partial charge < -0.3 is 15.5 Å². The molecule has 1 aromatic heterocycles. The van der Waals surface area contributed by atoms with Gasteiger partial charge in [-0.05, 0) is 48.4 Å². The van der Waals surface area contributed by atoms with Crippen molar-refractivity contribution in [2.45, 2.75) is 19.8 Å². The number of benzene rings is 1. The fourth-order valence-electron chi connectivity index (χ4n) is 2.60. The molecular weight excluding hydrogens is 310 g/mol. The third-order valence-electron chi connectivity index (χ3n) is 3.83. The Hall–Kier alpha value is -2.97. The second kappa shape index (κ2) is 7.07. The highest BCUT2D eigenvalue weighted by Gasteiger charge is 2.18. The Kier molecular flexibility index (Phi) is 4.69. The lowest BCUT2D eigenvalue weighted by Crippen LogP contribution is -2.40. The number of likely N-dealkylation sites (tertiary alicyclic amines) is 1. The lowest BCUT2D eigenvalue weighted by Gasteiger charge is -2.15. The second-order valence-corrected chi connectivity index (χ2v) is 5.58. The van der Waals surface area contributed by atoms with Gasteiger partial charge in [-0.25, -0.2) is 4.79 Å². The molecule has 0 saturated carbocycles. The smallest absolute Gasteiger partial charge is 0.319 e. The van der Waals surface area contributed by atoms with E-state index in [-0.39, 0.29) is 12.5 Å². The summed E-state index contributed by atoms with van der Waals surface area (Å²) >= 11 is 0. The highest BCUT2D eigenvalue weighted by atomic mass is 16.2. The van der Waals surface area contributed by atoms with E-state index in [1.54, 1.807) is 34.7 Å². The summed E-state index contributed by atoms with van der Waals surface area (Å²) in [5.74, 6) is 0.591. The molecule has 0 spiro atoms. The van der Waals surface area contributed by atoms with Crippen molar-refractivity contribution in [2.75, 3.05) is 25.0 Å². The number of carbonyl (C=O) groups is 2. The van der Waals surface area contributed by atoms with E-state index in [9.17, 15) is 9.59 Å². The summed E-state index contributed by atoms with van der Waals surface area (Å²) in [6.45, 7) is 3.33. The number of hydrogen-bond acceptors (Lipinski definition) is 5. The number of nitrogens with zero attached hydrogens (tertiary/aromatic N) is 5. The Morgan fingerprint density at radius 3 is 2.75 bits per heavy atom. The van der Waals surface area contributed by atoms with E-state index in [0.29, 0.717) is 11.5 Å². The number of nitrogens with one attached hydrogen (secondary N) is 2. The van der Waals surface area contributed by atoms with Gasteiger partial charge in [0, 0.05) is 18.8 Å². The van der Waals surface area contributed by atoms with Crippen LogP contribution in [0, 0.1) is 6.92 Å². The average Bonchev–Trinajstić information content (AvgIpc) is 3.24. The van der Waals surface area contributed by atoms with Gasteiger partial charge in [-0.1, -0.05) is 6.07 Å². The van der Waals surface area contributed by atoms with E-state index in [2.05, 4.69) is 26.2 Å². The molecular formula is C15H19N7O2. The Morgan fingerprint density at radius 2 is 2.04 bits per heavy atom. The van der Waals surface area contributed by atoms with Crippen LogP contribution in [0.15, 0.2) is 24.3 Å². The first-order chi connectivity index (χ1) is 11.6. The van der Waals surface area contributed by atoms with E-state index in [0.717, 1.165) is 31.6 Å². The summed E-state index contributed by atoms with van der Waals surface area (Å²) in [5.41, 5.74) is 1.33. The van der Waals surface area contributed by atoms with Crippen molar-refractivity contribution in [3.05, 3.63) is 30.1 Å². The number of aryl methyl sites for hydroxylation is 1. The molecule has 1 saturated heterocycles. The minimum Gasteiger partial charge on any atom is -0.341 e. The van der Waals surface area contributed by atoms with Gasteiger partial charge in [0.2, 0.25) is 5.91 Å². The first-order valence-corrected chi connectivity index (χ1v) is 7.81. The fraction of sp³-hybridized carbons (Fsp3) is 0.400. The number of urea groups is 1. The molecule has 126 valence electrons. The molecule has 1 fully saturated rings. The zero-order chi connectivity index (χ0) is 16.9. The topological polar surface area (TPSA) is 105 Å². The van der Waals surface area contributed by atoms with Crippen LogP contribution in [0.4, 0.5) is 10.5 Å². The molecule has 3 rings (SSSR count). The molecule has 2 aromatic rings. The summed E-state index contributed by atoms with van der Waals surface area (Å²) in [5, 5.41) is 16.6. The SMILES string of the molecule is Cc1nnnn1-c1cccc(NC(=O)NCC(=O)N2CCCC2)c1.